The number of hydrogen-bond acceptors (Lipinski definition) is 5. The van der Waals surface area contributed by atoms with Crippen molar-refractivity contribution in [2.75, 3.05) is 13.2 Å². The summed E-state index contributed by atoms with van der Waals surface area (Å²) in [4.78, 5) is 24.7. The summed E-state index contributed by atoms with van der Waals surface area (Å²) in [7, 11) is 0. The molecule has 1 unspecified atom stereocenters. The Morgan fingerprint density at radius 3 is 0.747 bits per heavy atom. The Morgan fingerprint density at radius 2 is 0.494 bits per heavy atom. The van der Waals surface area contributed by atoms with Gasteiger partial charge in [-0.2, -0.15) is 0 Å². The van der Waals surface area contributed by atoms with E-state index in [1.54, 1.807) is 0 Å². The lowest BCUT2D eigenvalue weighted by Gasteiger charge is -2.15. The summed E-state index contributed by atoms with van der Waals surface area (Å²) in [5, 5.41) is 9.73. The number of ether oxygens (including phenoxy) is 2. The van der Waals surface area contributed by atoms with Crippen LogP contribution in [0.1, 0.15) is 431 Å². The average Bonchev–Trinajstić information content (AvgIpc) is 3.52. The van der Waals surface area contributed by atoms with Crippen molar-refractivity contribution in [3.05, 3.63) is 60.8 Å². The standard InChI is InChI=1S/C82H152O5/c1-3-5-7-9-11-13-15-17-19-21-23-25-27-29-31-33-35-37-39-41-43-45-47-49-51-53-55-57-59-61-63-65-67-69-71-73-75-77-82(85)87-80(78-83)79-86-81(84)76-74-72-70-68-66-64-62-60-58-56-54-52-50-48-46-44-42-40-38-36-34-32-30-28-26-24-22-20-18-16-14-12-10-8-6-4-2/h5,7,11,13,17,19,23,25,29,31,80,83H,3-4,6,8-10,12,14-16,18,20-22,24,26-28,30,32-79H2,1-2H3/b7-5-,13-11-,19-17-,25-23-,31-29-. The molecule has 0 fully saturated rings. The monoisotopic (exact) mass is 1220 g/mol. The highest BCUT2D eigenvalue weighted by molar-refractivity contribution is 5.70. The van der Waals surface area contributed by atoms with Crippen molar-refractivity contribution in [1.29, 1.82) is 0 Å². The van der Waals surface area contributed by atoms with Crippen LogP contribution < -0.4 is 0 Å². The number of aliphatic hydroxyl groups excluding tert-OH is 1. The van der Waals surface area contributed by atoms with E-state index in [0.29, 0.717) is 12.8 Å². The molecule has 510 valence electrons. The summed E-state index contributed by atoms with van der Waals surface area (Å²) >= 11 is 0. The Balaban J connectivity index is 3.37. The van der Waals surface area contributed by atoms with E-state index in [1.165, 1.54) is 340 Å². The van der Waals surface area contributed by atoms with Crippen LogP contribution in [-0.4, -0.2) is 36.4 Å². The maximum atomic E-state index is 12.4. The molecule has 0 aliphatic rings. The van der Waals surface area contributed by atoms with Crippen LogP contribution in [-0.2, 0) is 19.1 Å². The highest BCUT2D eigenvalue weighted by Crippen LogP contribution is 2.20. The van der Waals surface area contributed by atoms with E-state index in [1.807, 2.05) is 0 Å². The predicted octanol–water partition coefficient (Wildman–Crippen LogP) is 27.6. The quantitative estimate of drug-likeness (QED) is 0.0373. The van der Waals surface area contributed by atoms with Crippen LogP contribution in [0.2, 0.25) is 0 Å². The van der Waals surface area contributed by atoms with E-state index in [2.05, 4.69) is 74.6 Å². The summed E-state index contributed by atoms with van der Waals surface area (Å²) in [5.41, 5.74) is 0. The average molecular weight is 1220 g/mol. The maximum absolute atomic E-state index is 12.4. The predicted molar refractivity (Wildman–Crippen MR) is 385 cm³/mol. The van der Waals surface area contributed by atoms with E-state index in [9.17, 15) is 14.7 Å². The van der Waals surface area contributed by atoms with Crippen molar-refractivity contribution in [2.24, 2.45) is 0 Å². The van der Waals surface area contributed by atoms with Crippen molar-refractivity contribution in [3.8, 4) is 0 Å². The lowest BCUT2D eigenvalue weighted by Crippen LogP contribution is -2.28. The fraction of sp³-hybridized carbons (Fsp3) is 0.854. The Labute approximate surface area is 544 Å². The van der Waals surface area contributed by atoms with Crippen LogP contribution in [0.25, 0.3) is 0 Å². The van der Waals surface area contributed by atoms with Gasteiger partial charge in [0.1, 0.15) is 6.61 Å². The minimum Gasteiger partial charge on any atom is -0.462 e. The number of rotatable bonds is 74. The number of esters is 2. The molecule has 0 aromatic rings. The SMILES string of the molecule is CC/C=C\C/C=C\C/C=C\C/C=C\C/C=C\CCCCCCCCCCCCCCCCCCCCCCCC(=O)OC(CO)COC(=O)CCCCCCCCCCCCCCCCCCCCCCCCCCCCCCCCCCCCCC. The number of unbranched alkanes of at least 4 members (excludes halogenated alkanes) is 56. The lowest BCUT2D eigenvalue weighted by molar-refractivity contribution is -0.161. The normalized spacial score (nSPS) is 12.4. The van der Waals surface area contributed by atoms with Gasteiger partial charge in [-0.25, -0.2) is 0 Å². The second kappa shape index (κ2) is 77.8. The van der Waals surface area contributed by atoms with Crippen molar-refractivity contribution >= 4 is 11.9 Å². The summed E-state index contributed by atoms with van der Waals surface area (Å²) < 4.78 is 10.8. The van der Waals surface area contributed by atoms with E-state index >= 15 is 0 Å². The minimum atomic E-state index is -0.771. The Kier molecular flexibility index (Phi) is 75.7. The molecule has 1 atom stereocenters. The summed E-state index contributed by atoms with van der Waals surface area (Å²) in [6.45, 7) is 4.10. The Bertz CT molecular complexity index is 1480. The van der Waals surface area contributed by atoms with Gasteiger partial charge in [0.2, 0.25) is 0 Å². The number of hydrogen-bond donors (Lipinski definition) is 1. The first-order valence-corrected chi connectivity index (χ1v) is 39.3. The van der Waals surface area contributed by atoms with E-state index in [4.69, 9.17) is 9.47 Å². The first-order valence-electron chi connectivity index (χ1n) is 39.3. The van der Waals surface area contributed by atoms with Gasteiger partial charge in [0.25, 0.3) is 0 Å². The summed E-state index contributed by atoms with van der Waals surface area (Å²) in [6.07, 6.45) is 107. The van der Waals surface area contributed by atoms with Crippen molar-refractivity contribution in [3.63, 3.8) is 0 Å². The summed E-state index contributed by atoms with van der Waals surface area (Å²) in [5.74, 6) is -0.564. The van der Waals surface area contributed by atoms with Gasteiger partial charge >= 0.3 is 11.9 Å². The molecule has 0 rings (SSSR count). The molecule has 1 N–H and O–H groups in total. The van der Waals surface area contributed by atoms with Gasteiger partial charge in [-0.15, -0.1) is 0 Å². The molecule has 0 aliphatic carbocycles. The fourth-order valence-electron chi connectivity index (χ4n) is 12.2. The first kappa shape index (κ1) is 84.6. The van der Waals surface area contributed by atoms with Crippen molar-refractivity contribution < 1.29 is 24.2 Å². The molecule has 0 spiro atoms. The zero-order chi connectivity index (χ0) is 62.6. The lowest BCUT2D eigenvalue weighted by atomic mass is 10.0. The van der Waals surface area contributed by atoms with Crippen molar-refractivity contribution in [1.82, 2.24) is 0 Å². The number of carbonyl (C=O) groups is 2. The van der Waals surface area contributed by atoms with E-state index in [-0.39, 0.29) is 25.2 Å². The summed E-state index contributed by atoms with van der Waals surface area (Å²) in [6, 6.07) is 0. The van der Waals surface area contributed by atoms with Crippen LogP contribution >= 0.6 is 0 Å². The van der Waals surface area contributed by atoms with Gasteiger partial charge in [0.15, 0.2) is 6.10 Å². The number of carbonyl (C=O) groups excluding carboxylic acids is 2. The number of aliphatic hydroxyl groups is 1. The molecule has 0 aromatic carbocycles. The van der Waals surface area contributed by atoms with Gasteiger partial charge in [-0.1, -0.05) is 421 Å². The number of allylic oxidation sites excluding steroid dienone is 10. The fourth-order valence-corrected chi connectivity index (χ4v) is 12.2. The van der Waals surface area contributed by atoms with E-state index < -0.39 is 6.10 Å². The van der Waals surface area contributed by atoms with Crippen LogP contribution in [0.5, 0.6) is 0 Å². The highest BCUT2D eigenvalue weighted by atomic mass is 16.6. The molecule has 0 aromatic heterocycles. The Morgan fingerprint density at radius 1 is 0.276 bits per heavy atom. The molecule has 0 heterocycles. The van der Waals surface area contributed by atoms with Crippen LogP contribution in [0.4, 0.5) is 0 Å². The zero-order valence-corrected chi connectivity index (χ0v) is 58.8. The third kappa shape index (κ3) is 76.0. The molecular weight excluding hydrogens is 1060 g/mol. The molecule has 5 heteroatoms. The largest absolute Gasteiger partial charge is 0.462 e. The van der Waals surface area contributed by atoms with Crippen LogP contribution in [0.15, 0.2) is 60.8 Å². The van der Waals surface area contributed by atoms with Crippen LogP contribution in [0, 0.1) is 0 Å². The van der Waals surface area contributed by atoms with Gasteiger partial charge in [0.05, 0.1) is 6.61 Å². The highest BCUT2D eigenvalue weighted by Gasteiger charge is 2.16. The molecule has 0 amide bonds. The molecule has 0 bridgehead atoms. The second-order valence-corrected chi connectivity index (χ2v) is 26.8. The third-order valence-corrected chi connectivity index (χ3v) is 18.1. The topological polar surface area (TPSA) is 72.8 Å². The third-order valence-electron chi connectivity index (χ3n) is 18.1. The van der Waals surface area contributed by atoms with Gasteiger partial charge in [0, 0.05) is 12.8 Å². The second-order valence-electron chi connectivity index (χ2n) is 26.8. The molecule has 0 radical (unpaired) electrons. The van der Waals surface area contributed by atoms with Gasteiger partial charge < -0.3 is 14.6 Å². The molecular formula is C82H152O5. The van der Waals surface area contributed by atoms with Gasteiger partial charge in [-0.05, 0) is 57.8 Å². The minimum absolute atomic E-state index is 0.0595. The van der Waals surface area contributed by atoms with Crippen molar-refractivity contribution in [2.45, 2.75) is 437 Å². The molecule has 0 saturated carbocycles. The molecule has 87 heavy (non-hydrogen) atoms. The smallest absolute Gasteiger partial charge is 0.306 e. The molecule has 0 aliphatic heterocycles. The molecule has 5 nitrogen and oxygen atoms in total. The molecule has 0 saturated heterocycles. The maximum Gasteiger partial charge on any atom is 0.306 e. The van der Waals surface area contributed by atoms with E-state index in [0.717, 1.165) is 64.2 Å². The Hall–Kier alpha value is -2.40. The van der Waals surface area contributed by atoms with Gasteiger partial charge in [-0.3, -0.25) is 9.59 Å². The zero-order valence-electron chi connectivity index (χ0n) is 58.8. The van der Waals surface area contributed by atoms with Crippen LogP contribution in [0.3, 0.4) is 0 Å². The first-order chi connectivity index (χ1) is 43.1.